The smallest absolute Gasteiger partial charge is 0.193 e. The average Bonchev–Trinajstić information content (AvgIpc) is 2.96. The van der Waals surface area contributed by atoms with Gasteiger partial charge in [-0.25, -0.2) is 5.43 Å². The highest BCUT2D eigenvalue weighted by molar-refractivity contribution is 6.28. The lowest BCUT2D eigenvalue weighted by atomic mass is 10.0. The number of hydrogen-bond donors (Lipinski definition) is 2. The van der Waals surface area contributed by atoms with Crippen molar-refractivity contribution in [2.75, 3.05) is 6.61 Å². The molecule has 1 saturated heterocycles. The van der Waals surface area contributed by atoms with Crippen LogP contribution in [0.3, 0.4) is 0 Å². The van der Waals surface area contributed by atoms with E-state index in [0.29, 0.717) is 11.3 Å². The molecule has 0 amide bonds. The van der Waals surface area contributed by atoms with Gasteiger partial charge < -0.3 is 9.15 Å². The van der Waals surface area contributed by atoms with Crippen LogP contribution in [-0.2, 0) is 4.74 Å². The molecule has 0 radical (unpaired) electrons. The van der Waals surface area contributed by atoms with E-state index < -0.39 is 0 Å². The van der Waals surface area contributed by atoms with Gasteiger partial charge in [0.2, 0.25) is 0 Å². The minimum absolute atomic E-state index is 0.0314. The summed E-state index contributed by atoms with van der Waals surface area (Å²) in [6.07, 6.45) is 5.91. The van der Waals surface area contributed by atoms with Gasteiger partial charge in [-0.3, -0.25) is 5.84 Å². The molecule has 3 N–H and O–H groups in total. The Balaban J connectivity index is 1.75. The van der Waals surface area contributed by atoms with Gasteiger partial charge in [-0.2, -0.15) is 0 Å². The van der Waals surface area contributed by atoms with Crippen molar-refractivity contribution in [3.63, 3.8) is 0 Å². The standard InChI is InChI=1S/C12H19ClN2O2/c13-12-7-6-11(17-12)10(15-14)5-1-3-9-4-2-8-16-9/h6-7,9-10,15H,1-5,8,14H2. The van der Waals surface area contributed by atoms with Crippen LogP contribution in [0, 0.1) is 0 Å². The lowest BCUT2D eigenvalue weighted by molar-refractivity contribution is 0.101. The van der Waals surface area contributed by atoms with Crippen LogP contribution in [0.15, 0.2) is 16.5 Å². The second-order valence-corrected chi connectivity index (χ2v) is 4.80. The molecule has 2 heterocycles. The molecule has 96 valence electrons. The maximum atomic E-state index is 5.74. The first-order valence-electron chi connectivity index (χ1n) is 6.12. The molecular weight excluding hydrogens is 240 g/mol. The highest BCUT2D eigenvalue weighted by Gasteiger charge is 2.18. The third kappa shape index (κ3) is 3.71. The van der Waals surface area contributed by atoms with Gasteiger partial charge in [0.05, 0.1) is 12.1 Å². The summed E-state index contributed by atoms with van der Waals surface area (Å²) in [4.78, 5) is 0. The summed E-state index contributed by atoms with van der Waals surface area (Å²) < 4.78 is 10.9. The third-order valence-corrected chi connectivity index (χ3v) is 3.38. The Morgan fingerprint density at radius 2 is 2.41 bits per heavy atom. The van der Waals surface area contributed by atoms with Gasteiger partial charge in [-0.15, -0.1) is 0 Å². The van der Waals surface area contributed by atoms with Crippen LogP contribution in [0.5, 0.6) is 0 Å². The van der Waals surface area contributed by atoms with E-state index in [2.05, 4.69) is 5.43 Å². The average molecular weight is 259 g/mol. The number of rotatable bonds is 6. The molecule has 1 aliphatic rings. The van der Waals surface area contributed by atoms with Crippen LogP contribution < -0.4 is 11.3 Å². The number of hydrazine groups is 1. The summed E-state index contributed by atoms with van der Waals surface area (Å²) >= 11 is 5.74. The van der Waals surface area contributed by atoms with Gasteiger partial charge in [-0.1, -0.05) is 0 Å². The van der Waals surface area contributed by atoms with E-state index in [9.17, 15) is 0 Å². The van der Waals surface area contributed by atoms with E-state index >= 15 is 0 Å². The Kier molecular flexibility index (Phi) is 4.86. The predicted octanol–water partition coefficient (Wildman–Crippen LogP) is 2.79. The Morgan fingerprint density at radius 3 is 3.00 bits per heavy atom. The zero-order valence-electron chi connectivity index (χ0n) is 9.82. The van der Waals surface area contributed by atoms with E-state index in [1.54, 1.807) is 6.07 Å². The van der Waals surface area contributed by atoms with E-state index in [4.69, 9.17) is 26.6 Å². The summed E-state index contributed by atoms with van der Waals surface area (Å²) in [6.45, 7) is 0.914. The van der Waals surface area contributed by atoms with E-state index in [1.807, 2.05) is 6.07 Å². The lowest BCUT2D eigenvalue weighted by Crippen LogP contribution is -2.27. The molecule has 5 heteroatoms. The number of nitrogens with one attached hydrogen (secondary N) is 1. The maximum Gasteiger partial charge on any atom is 0.193 e. The van der Waals surface area contributed by atoms with Gasteiger partial charge in [0.15, 0.2) is 5.22 Å². The van der Waals surface area contributed by atoms with Gasteiger partial charge >= 0.3 is 0 Å². The second-order valence-electron chi connectivity index (χ2n) is 4.43. The SMILES string of the molecule is NNC(CCCC1CCCO1)c1ccc(Cl)o1. The van der Waals surface area contributed by atoms with Crippen molar-refractivity contribution in [3.05, 3.63) is 23.1 Å². The number of furan rings is 1. The van der Waals surface area contributed by atoms with Crippen LogP contribution in [0.1, 0.15) is 43.9 Å². The molecule has 0 bridgehead atoms. The topological polar surface area (TPSA) is 60.4 Å². The Morgan fingerprint density at radius 1 is 1.53 bits per heavy atom. The molecule has 0 spiro atoms. The largest absolute Gasteiger partial charge is 0.448 e. The van der Waals surface area contributed by atoms with Crippen LogP contribution in [0.4, 0.5) is 0 Å². The van der Waals surface area contributed by atoms with Crippen molar-refractivity contribution in [2.24, 2.45) is 5.84 Å². The van der Waals surface area contributed by atoms with Crippen molar-refractivity contribution in [1.29, 1.82) is 0 Å². The van der Waals surface area contributed by atoms with Crippen LogP contribution in [0.25, 0.3) is 0 Å². The van der Waals surface area contributed by atoms with Crippen LogP contribution in [0.2, 0.25) is 5.22 Å². The predicted molar refractivity (Wildman–Crippen MR) is 66.6 cm³/mol. The van der Waals surface area contributed by atoms with E-state index in [0.717, 1.165) is 31.6 Å². The second kappa shape index (κ2) is 6.40. The molecule has 1 aliphatic heterocycles. The minimum Gasteiger partial charge on any atom is -0.448 e. The molecule has 0 aromatic carbocycles. The van der Waals surface area contributed by atoms with Gasteiger partial charge in [0.25, 0.3) is 0 Å². The van der Waals surface area contributed by atoms with Crippen molar-refractivity contribution in [1.82, 2.24) is 5.43 Å². The quantitative estimate of drug-likeness (QED) is 0.608. The first-order valence-corrected chi connectivity index (χ1v) is 6.50. The number of hydrogen-bond acceptors (Lipinski definition) is 4. The first kappa shape index (κ1) is 12.9. The Bertz CT molecular complexity index is 337. The molecule has 4 nitrogen and oxygen atoms in total. The summed E-state index contributed by atoms with van der Waals surface area (Å²) in [5.74, 6) is 6.32. The lowest BCUT2D eigenvalue weighted by Gasteiger charge is -2.14. The molecule has 1 aromatic rings. The van der Waals surface area contributed by atoms with Crippen molar-refractivity contribution in [3.8, 4) is 0 Å². The first-order chi connectivity index (χ1) is 8.29. The Hall–Kier alpha value is -0.550. The molecule has 2 atom stereocenters. The fourth-order valence-corrected chi connectivity index (χ4v) is 2.40. The van der Waals surface area contributed by atoms with E-state index in [-0.39, 0.29) is 6.04 Å². The fraction of sp³-hybridized carbons (Fsp3) is 0.667. The zero-order chi connectivity index (χ0) is 12.1. The third-order valence-electron chi connectivity index (χ3n) is 3.18. The van der Waals surface area contributed by atoms with Crippen molar-refractivity contribution < 1.29 is 9.15 Å². The molecule has 2 unspecified atom stereocenters. The summed E-state index contributed by atoms with van der Waals surface area (Å²) in [6, 6.07) is 3.63. The molecule has 1 aromatic heterocycles. The fourth-order valence-electron chi connectivity index (χ4n) is 2.24. The van der Waals surface area contributed by atoms with Crippen LogP contribution >= 0.6 is 11.6 Å². The highest BCUT2D eigenvalue weighted by Crippen LogP contribution is 2.25. The number of ether oxygens (including phenoxy) is 1. The highest BCUT2D eigenvalue weighted by atomic mass is 35.5. The molecule has 1 fully saturated rings. The maximum absolute atomic E-state index is 5.74. The molecular formula is C12H19ClN2O2. The molecule has 2 rings (SSSR count). The summed E-state index contributed by atoms with van der Waals surface area (Å²) in [7, 11) is 0. The normalized spacial score (nSPS) is 21.9. The van der Waals surface area contributed by atoms with Gasteiger partial charge in [0, 0.05) is 6.61 Å². The molecule has 0 saturated carbocycles. The van der Waals surface area contributed by atoms with Crippen molar-refractivity contribution >= 4 is 11.6 Å². The molecule has 17 heavy (non-hydrogen) atoms. The van der Waals surface area contributed by atoms with Gasteiger partial charge in [0.1, 0.15) is 5.76 Å². The van der Waals surface area contributed by atoms with E-state index in [1.165, 1.54) is 12.8 Å². The molecule has 0 aliphatic carbocycles. The Labute approximate surface area is 106 Å². The van der Waals surface area contributed by atoms with Crippen molar-refractivity contribution in [2.45, 2.75) is 44.2 Å². The monoisotopic (exact) mass is 258 g/mol. The number of nitrogens with two attached hydrogens (primary N) is 1. The summed E-state index contributed by atoms with van der Waals surface area (Å²) in [5, 5.41) is 0.402. The van der Waals surface area contributed by atoms with Gasteiger partial charge in [-0.05, 0) is 55.8 Å². The number of halogens is 1. The minimum atomic E-state index is 0.0314. The zero-order valence-corrected chi connectivity index (χ0v) is 10.6. The summed E-state index contributed by atoms with van der Waals surface area (Å²) in [5.41, 5.74) is 2.76. The van der Waals surface area contributed by atoms with Crippen LogP contribution in [-0.4, -0.2) is 12.7 Å².